The fourth-order valence-electron chi connectivity index (χ4n) is 3.25. The lowest BCUT2D eigenvalue weighted by Gasteiger charge is -2.35. The topological polar surface area (TPSA) is 79.7 Å². The van der Waals surface area contributed by atoms with Gasteiger partial charge in [0.05, 0.1) is 5.69 Å². The van der Waals surface area contributed by atoms with E-state index in [0.29, 0.717) is 25.3 Å². The number of hydrogen-bond donors (Lipinski definition) is 1. The average molecular weight is 414 g/mol. The van der Waals surface area contributed by atoms with Crippen molar-refractivity contribution in [3.8, 4) is 5.69 Å². The summed E-state index contributed by atoms with van der Waals surface area (Å²) in [7, 11) is 0. The molecule has 1 N–H and O–H groups in total. The summed E-state index contributed by atoms with van der Waals surface area (Å²) in [6.07, 6.45) is 2.38. The Balaban J connectivity index is 1.34. The minimum atomic E-state index is -0.469. The zero-order valence-electron chi connectivity index (χ0n) is 18.0. The number of piperazine rings is 1. The van der Waals surface area contributed by atoms with Gasteiger partial charge in [-0.25, -0.2) is 9.48 Å². The lowest BCUT2D eigenvalue weighted by molar-refractivity contribution is 0.0144. The Hall–Kier alpha value is -2.87. The lowest BCUT2D eigenvalue weighted by Crippen LogP contribution is -2.50. The van der Waals surface area contributed by atoms with Gasteiger partial charge in [-0.1, -0.05) is 18.2 Å². The maximum absolute atomic E-state index is 12.3. The molecule has 1 aliphatic heterocycles. The first-order chi connectivity index (χ1) is 14.3. The molecule has 1 aliphatic rings. The molecular formula is C22H31N5O3. The minimum absolute atomic E-state index is 0.167. The standard InChI is InChI=1S/C22H31N5O3/c1-22(2,3)30-21(29)26-16-14-25(15-17-26)12-7-11-23-20(28)19-10-13-27(24-19)18-8-5-4-6-9-18/h4-6,8-10,13H,7,11-12,14-17H2,1-3H3,(H,23,28). The molecule has 0 spiro atoms. The summed E-state index contributed by atoms with van der Waals surface area (Å²) in [6, 6.07) is 11.4. The smallest absolute Gasteiger partial charge is 0.410 e. The first-order valence-electron chi connectivity index (χ1n) is 10.4. The van der Waals surface area contributed by atoms with Crippen molar-refractivity contribution in [1.82, 2.24) is 24.9 Å². The van der Waals surface area contributed by atoms with Gasteiger partial charge in [0.15, 0.2) is 5.69 Å². The molecule has 2 amide bonds. The first kappa shape index (κ1) is 21.8. The Labute approximate surface area is 177 Å². The van der Waals surface area contributed by atoms with Crippen LogP contribution in [0.4, 0.5) is 4.79 Å². The predicted molar refractivity (Wildman–Crippen MR) is 115 cm³/mol. The van der Waals surface area contributed by atoms with Gasteiger partial charge in [-0.05, 0) is 51.9 Å². The van der Waals surface area contributed by atoms with E-state index in [1.807, 2.05) is 51.1 Å². The van der Waals surface area contributed by atoms with Crippen molar-refractivity contribution in [3.05, 3.63) is 48.3 Å². The molecule has 0 unspecified atom stereocenters. The van der Waals surface area contributed by atoms with E-state index in [2.05, 4.69) is 15.3 Å². The van der Waals surface area contributed by atoms with Crippen LogP contribution in [0.2, 0.25) is 0 Å². The number of hydrogen-bond acceptors (Lipinski definition) is 5. The second-order valence-electron chi connectivity index (χ2n) is 8.40. The number of benzene rings is 1. The van der Waals surface area contributed by atoms with Crippen LogP contribution < -0.4 is 5.32 Å². The molecule has 1 aromatic carbocycles. The lowest BCUT2D eigenvalue weighted by atomic mass is 10.2. The molecule has 8 nitrogen and oxygen atoms in total. The molecule has 0 saturated carbocycles. The summed E-state index contributed by atoms with van der Waals surface area (Å²) in [5.41, 5.74) is 0.857. The van der Waals surface area contributed by atoms with Crippen molar-refractivity contribution >= 4 is 12.0 Å². The van der Waals surface area contributed by atoms with Gasteiger partial charge >= 0.3 is 6.09 Å². The van der Waals surface area contributed by atoms with E-state index < -0.39 is 5.60 Å². The van der Waals surface area contributed by atoms with E-state index in [1.165, 1.54) is 0 Å². The van der Waals surface area contributed by atoms with Gasteiger partial charge in [-0.15, -0.1) is 0 Å². The van der Waals surface area contributed by atoms with Crippen molar-refractivity contribution in [2.45, 2.75) is 32.8 Å². The average Bonchev–Trinajstić information content (AvgIpc) is 3.21. The summed E-state index contributed by atoms with van der Waals surface area (Å²) in [5.74, 6) is -0.167. The van der Waals surface area contributed by atoms with E-state index in [-0.39, 0.29) is 12.0 Å². The molecule has 8 heteroatoms. The van der Waals surface area contributed by atoms with Crippen LogP contribution in [-0.2, 0) is 4.74 Å². The molecule has 0 bridgehead atoms. The highest BCUT2D eigenvalue weighted by molar-refractivity contribution is 5.92. The highest BCUT2D eigenvalue weighted by atomic mass is 16.6. The Morgan fingerprint density at radius 2 is 1.77 bits per heavy atom. The Morgan fingerprint density at radius 1 is 1.07 bits per heavy atom. The highest BCUT2D eigenvalue weighted by Crippen LogP contribution is 2.12. The van der Waals surface area contributed by atoms with Gasteiger partial charge in [-0.3, -0.25) is 9.69 Å². The number of carbonyl (C=O) groups is 2. The SMILES string of the molecule is CC(C)(C)OC(=O)N1CCN(CCCNC(=O)c2ccn(-c3ccccc3)n2)CC1. The molecule has 0 atom stereocenters. The molecule has 30 heavy (non-hydrogen) atoms. The fourth-order valence-corrected chi connectivity index (χ4v) is 3.25. The van der Waals surface area contributed by atoms with E-state index in [1.54, 1.807) is 21.8 Å². The molecule has 1 aromatic heterocycles. The van der Waals surface area contributed by atoms with E-state index in [9.17, 15) is 9.59 Å². The summed E-state index contributed by atoms with van der Waals surface area (Å²) < 4.78 is 7.12. The number of ether oxygens (including phenoxy) is 1. The monoisotopic (exact) mass is 413 g/mol. The van der Waals surface area contributed by atoms with Crippen molar-refractivity contribution in [2.75, 3.05) is 39.3 Å². The van der Waals surface area contributed by atoms with Gasteiger partial charge in [-0.2, -0.15) is 5.10 Å². The molecule has 1 fully saturated rings. The third-order valence-electron chi connectivity index (χ3n) is 4.80. The van der Waals surface area contributed by atoms with E-state index in [4.69, 9.17) is 4.74 Å². The quantitative estimate of drug-likeness (QED) is 0.737. The molecule has 2 aromatic rings. The summed E-state index contributed by atoms with van der Waals surface area (Å²) in [6.45, 7) is 10.1. The van der Waals surface area contributed by atoms with Gasteiger partial charge < -0.3 is 15.0 Å². The van der Waals surface area contributed by atoms with E-state index in [0.717, 1.165) is 31.7 Å². The second-order valence-corrected chi connectivity index (χ2v) is 8.40. The molecule has 0 radical (unpaired) electrons. The Morgan fingerprint density at radius 3 is 2.43 bits per heavy atom. The Kier molecular flexibility index (Phi) is 7.10. The van der Waals surface area contributed by atoms with Crippen LogP contribution in [0.15, 0.2) is 42.6 Å². The van der Waals surface area contributed by atoms with Crippen molar-refractivity contribution in [1.29, 1.82) is 0 Å². The van der Waals surface area contributed by atoms with Crippen LogP contribution in [0.5, 0.6) is 0 Å². The van der Waals surface area contributed by atoms with Crippen molar-refractivity contribution in [2.24, 2.45) is 0 Å². The second kappa shape index (κ2) is 9.75. The zero-order valence-corrected chi connectivity index (χ0v) is 18.0. The summed E-state index contributed by atoms with van der Waals surface area (Å²) in [4.78, 5) is 28.5. The number of amides is 2. The number of rotatable bonds is 6. The first-order valence-corrected chi connectivity index (χ1v) is 10.4. The number of aromatic nitrogens is 2. The third-order valence-corrected chi connectivity index (χ3v) is 4.80. The minimum Gasteiger partial charge on any atom is -0.444 e. The molecule has 0 aliphatic carbocycles. The number of nitrogens with one attached hydrogen (secondary N) is 1. The maximum Gasteiger partial charge on any atom is 0.410 e. The molecule has 3 rings (SSSR count). The van der Waals surface area contributed by atoms with Gasteiger partial charge in [0.2, 0.25) is 0 Å². The summed E-state index contributed by atoms with van der Waals surface area (Å²) in [5, 5.41) is 7.27. The fraction of sp³-hybridized carbons (Fsp3) is 0.500. The van der Waals surface area contributed by atoms with Crippen molar-refractivity contribution < 1.29 is 14.3 Å². The van der Waals surface area contributed by atoms with Crippen LogP contribution in [0.1, 0.15) is 37.7 Å². The maximum atomic E-state index is 12.3. The van der Waals surface area contributed by atoms with Crippen LogP contribution in [-0.4, -0.2) is 76.5 Å². The van der Waals surface area contributed by atoms with Crippen LogP contribution in [0.3, 0.4) is 0 Å². The molecule has 2 heterocycles. The van der Waals surface area contributed by atoms with Gasteiger partial charge in [0, 0.05) is 38.9 Å². The van der Waals surface area contributed by atoms with Crippen LogP contribution in [0.25, 0.3) is 5.69 Å². The molecular weight excluding hydrogens is 382 g/mol. The van der Waals surface area contributed by atoms with E-state index >= 15 is 0 Å². The molecule has 162 valence electrons. The Bertz CT molecular complexity index is 836. The summed E-state index contributed by atoms with van der Waals surface area (Å²) >= 11 is 0. The van der Waals surface area contributed by atoms with Crippen molar-refractivity contribution in [3.63, 3.8) is 0 Å². The zero-order chi connectivity index (χ0) is 21.6. The number of nitrogens with zero attached hydrogens (tertiary/aromatic N) is 4. The number of para-hydroxylation sites is 1. The van der Waals surface area contributed by atoms with Gasteiger partial charge in [0.1, 0.15) is 5.60 Å². The number of carbonyl (C=O) groups excluding carboxylic acids is 2. The highest BCUT2D eigenvalue weighted by Gasteiger charge is 2.25. The largest absolute Gasteiger partial charge is 0.444 e. The molecule has 1 saturated heterocycles. The third kappa shape index (κ3) is 6.32. The normalized spacial score (nSPS) is 15.1. The van der Waals surface area contributed by atoms with Gasteiger partial charge in [0.25, 0.3) is 5.91 Å². The van der Waals surface area contributed by atoms with Crippen LogP contribution >= 0.6 is 0 Å². The van der Waals surface area contributed by atoms with Crippen LogP contribution in [0, 0.1) is 0 Å². The predicted octanol–water partition coefficient (Wildman–Crippen LogP) is 2.54.